The fourth-order valence-corrected chi connectivity index (χ4v) is 4.36. The van der Waals surface area contributed by atoms with E-state index in [2.05, 4.69) is 32.0 Å². The minimum Gasteiger partial charge on any atom is -0.481 e. The Morgan fingerprint density at radius 2 is 2.07 bits per heavy atom. The van der Waals surface area contributed by atoms with Crippen molar-refractivity contribution in [3.05, 3.63) is 74.3 Å². The summed E-state index contributed by atoms with van der Waals surface area (Å²) < 4.78 is 21.4. The molecule has 0 aliphatic rings. The number of aryl methyl sites for hydroxylation is 1. The monoisotopic (exact) mass is 490 g/mol. The SMILES string of the molecule is C#CCOc1ccc(Br)cc1[C@@H](C[N+](=O)[O-])Sc1nnc(C)n1-c1ccc(F)cc1. The number of halogens is 2. The topological polar surface area (TPSA) is 83.1 Å². The second kappa shape index (κ2) is 9.73. The molecule has 154 valence electrons. The van der Waals surface area contributed by atoms with Crippen molar-refractivity contribution in [3.63, 3.8) is 0 Å². The quantitative estimate of drug-likeness (QED) is 0.198. The van der Waals surface area contributed by atoms with Gasteiger partial charge in [0.1, 0.15) is 29.2 Å². The number of terminal acetylenes is 1. The first-order chi connectivity index (χ1) is 14.4. The van der Waals surface area contributed by atoms with Gasteiger partial charge in [0, 0.05) is 20.6 Å². The molecule has 10 heteroatoms. The summed E-state index contributed by atoms with van der Waals surface area (Å²) in [5.41, 5.74) is 1.26. The van der Waals surface area contributed by atoms with E-state index in [9.17, 15) is 14.5 Å². The Kier molecular flexibility index (Phi) is 7.07. The molecule has 0 aliphatic carbocycles. The van der Waals surface area contributed by atoms with Crippen LogP contribution < -0.4 is 4.74 Å². The highest BCUT2D eigenvalue weighted by atomic mass is 79.9. The number of nitro groups is 1. The molecule has 0 saturated heterocycles. The number of rotatable bonds is 8. The van der Waals surface area contributed by atoms with Crippen LogP contribution in [0.15, 0.2) is 52.1 Å². The fraction of sp³-hybridized carbons (Fsp3) is 0.200. The normalized spacial score (nSPS) is 11.7. The number of benzene rings is 2. The van der Waals surface area contributed by atoms with Crippen LogP contribution in [0.25, 0.3) is 5.69 Å². The average Bonchev–Trinajstić information content (AvgIpc) is 3.07. The van der Waals surface area contributed by atoms with E-state index >= 15 is 0 Å². The van der Waals surface area contributed by atoms with Gasteiger partial charge in [-0.15, -0.1) is 16.6 Å². The van der Waals surface area contributed by atoms with Gasteiger partial charge < -0.3 is 4.74 Å². The zero-order chi connectivity index (χ0) is 21.7. The molecule has 2 aromatic carbocycles. The summed E-state index contributed by atoms with van der Waals surface area (Å²) in [7, 11) is 0. The highest BCUT2D eigenvalue weighted by Crippen LogP contribution is 2.41. The second-order valence-corrected chi connectivity index (χ2v) is 8.22. The summed E-state index contributed by atoms with van der Waals surface area (Å²) in [5, 5.41) is 19.5. The van der Waals surface area contributed by atoms with E-state index < -0.39 is 10.2 Å². The zero-order valence-electron chi connectivity index (χ0n) is 15.8. The molecule has 0 fully saturated rings. The number of nitrogens with zero attached hydrogens (tertiary/aromatic N) is 4. The molecule has 3 aromatic rings. The fourth-order valence-electron chi connectivity index (χ4n) is 2.79. The van der Waals surface area contributed by atoms with Gasteiger partial charge in [-0.1, -0.05) is 33.6 Å². The van der Waals surface area contributed by atoms with Crippen molar-refractivity contribution in [1.29, 1.82) is 0 Å². The van der Waals surface area contributed by atoms with Crippen molar-refractivity contribution < 1.29 is 14.1 Å². The van der Waals surface area contributed by atoms with Gasteiger partial charge in [0.2, 0.25) is 6.54 Å². The molecule has 0 bridgehead atoms. The molecule has 3 rings (SSSR count). The molecule has 0 N–H and O–H groups in total. The van der Waals surface area contributed by atoms with E-state index in [0.717, 1.165) is 4.47 Å². The zero-order valence-corrected chi connectivity index (χ0v) is 18.2. The molecule has 0 spiro atoms. The maximum Gasteiger partial charge on any atom is 0.220 e. The van der Waals surface area contributed by atoms with E-state index in [1.165, 1.54) is 23.9 Å². The molecule has 1 atom stereocenters. The van der Waals surface area contributed by atoms with Crippen molar-refractivity contribution in [2.75, 3.05) is 13.2 Å². The second-order valence-electron chi connectivity index (χ2n) is 6.14. The Morgan fingerprint density at radius 3 is 2.73 bits per heavy atom. The van der Waals surface area contributed by atoms with Crippen molar-refractivity contribution >= 4 is 27.7 Å². The first kappa shape index (κ1) is 21.8. The number of aromatic nitrogens is 3. The molecular weight excluding hydrogens is 475 g/mol. The summed E-state index contributed by atoms with van der Waals surface area (Å²) in [6.45, 7) is 1.42. The summed E-state index contributed by atoms with van der Waals surface area (Å²) >= 11 is 4.58. The predicted molar refractivity (Wildman–Crippen MR) is 115 cm³/mol. The number of hydrogen-bond acceptors (Lipinski definition) is 6. The highest BCUT2D eigenvalue weighted by Gasteiger charge is 2.27. The van der Waals surface area contributed by atoms with Crippen LogP contribution in [0.3, 0.4) is 0 Å². The largest absolute Gasteiger partial charge is 0.481 e. The van der Waals surface area contributed by atoms with Gasteiger partial charge in [0.05, 0.1) is 0 Å². The summed E-state index contributed by atoms with van der Waals surface area (Å²) in [6.07, 6.45) is 5.29. The lowest BCUT2D eigenvalue weighted by Crippen LogP contribution is -2.13. The number of ether oxygens (including phenoxy) is 1. The van der Waals surface area contributed by atoms with Crippen LogP contribution in [0, 0.1) is 35.2 Å². The van der Waals surface area contributed by atoms with Crippen LogP contribution in [0.4, 0.5) is 4.39 Å². The van der Waals surface area contributed by atoms with E-state index in [1.807, 2.05) is 0 Å². The minimum absolute atomic E-state index is 0.0371. The highest BCUT2D eigenvalue weighted by molar-refractivity contribution is 9.10. The molecule has 30 heavy (non-hydrogen) atoms. The van der Waals surface area contributed by atoms with E-state index in [4.69, 9.17) is 11.2 Å². The van der Waals surface area contributed by atoms with Gasteiger partial charge in [0.15, 0.2) is 5.16 Å². The summed E-state index contributed by atoms with van der Waals surface area (Å²) in [4.78, 5) is 11.0. The summed E-state index contributed by atoms with van der Waals surface area (Å²) in [5.74, 6) is 3.06. The van der Waals surface area contributed by atoms with Crippen molar-refractivity contribution in [1.82, 2.24) is 14.8 Å². The van der Waals surface area contributed by atoms with Crippen LogP contribution in [0.5, 0.6) is 5.75 Å². The Labute approximate surface area is 184 Å². The van der Waals surface area contributed by atoms with Gasteiger partial charge in [-0.3, -0.25) is 14.7 Å². The van der Waals surface area contributed by atoms with Gasteiger partial charge in [-0.05, 0) is 49.4 Å². The Hall–Kier alpha value is -2.90. The Morgan fingerprint density at radius 1 is 1.33 bits per heavy atom. The van der Waals surface area contributed by atoms with Gasteiger partial charge >= 0.3 is 0 Å². The number of hydrogen-bond donors (Lipinski definition) is 0. The molecule has 0 unspecified atom stereocenters. The standard InChI is InChI=1S/C20H16BrFN4O3S/c1-3-10-29-18-9-4-14(21)11-17(18)19(12-25(27)28)30-20-24-23-13(2)26(20)16-7-5-15(22)6-8-16/h1,4-9,11,19H,10,12H2,2H3/t19-/m1/s1. The molecule has 7 nitrogen and oxygen atoms in total. The molecule has 0 amide bonds. The summed E-state index contributed by atoms with van der Waals surface area (Å²) in [6, 6.07) is 11.1. The molecular formula is C20H16BrFN4O3S. The minimum atomic E-state index is -0.631. The van der Waals surface area contributed by atoms with Crippen LogP contribution in [-0.2, 0) is 0 Å². The van der Waals surface area contributed by atoms with Crippen LogP contribution in [-0.4, -0.2) is 32.8 Å². The molecule has 1 heterocycles. The van der Waals surface area contributed by atoms with Crippen LogP contribution >= 0.6 is 27.7 Å². The van der Waals surface area contributed by atoms with Crippen molar-refractivity contribution in [2.45, 2.75) is 17.3 Å². The Balaban J connectivity index is 2.02. The first-order valence-corrected chi connectivity index (χ1v) is 10.4. The van der Waals surface area contributed by atoms with E-state index in [-0.39, 0.29) is 19.0 Å². The number of thioether (sulfide) groups is 1. The molecule has 1 aromatic heterocycles. The first-order valence-electron chi connectivity index (χ1n) is 8.71. The van der Waals surface area contributed by atoms with Crippen LogP contribution in [0.1, 0.15) is 16.6 Å². The lowest BCUT2D eigenvalue weighted by Gasteiger charge is -2.17. The van der Waals surface area contributed by atoms with Gasteiger partial charge in [-0.25, -0.2) is 4.39 Å². The Bertz CT molecular complexity index is 1100. The maximum atomic E-state index is 13.3. The van der Waals surface area contributed by atoms with Crippen molar-refractivity contribution in [2.24, 2.45) is 0 Å². The molecule has 0 radical (unpaired) electrons. The van der Waals surface area contributed by atoms with Crippen molar-refractivity contribution in [3.8, 4) is 23.8 Å². The molecule has 0 saturated carbocycles. The third-order valence-electron chi connectivity index (χ3n) is 4.07. The van der Waals surface area contributed by atoms with Gasteiger partial charge in [0.25, 0.3) is 0 Å². The third-order valence-corrected chi connectivity index (χ3v) is 5.73. The average molecular weight is 491 g/mol. The van der Waals surface area contributed by atoms with Crippen LogP contribution in [0.2, 0.25) is 0 Å². The van der Waals surface area contributed by atoms with Gasteiger partial charge in [-0.2, -0.15) is 0 Å². The third kappa shape index (κ3) is 5.17. The predicted octanol–water partition coefficient (Wildman–Crippen LogP) is 4.60. The lowest BCUT2D eigenvalue weighted by molar-refractivity contribution is -0.479. The molecule has 0 aliphatic heterocycles. The smallest absolute Gasteiger partial charge is 0.220 e. The van der Waals surface area contributed by atoms with E-state index in [1.54, 1.807) is 41.8 Å². The van der Waals surface area contributed by atoms with E-state index in [0.29, 0.717) is 28.0 Å². The lowest BCUT2D eigenvalue weighted by atomic mass is 10.1. The maximum absolute atomic E-state index is 13.3.